The van der Waals surface area contributed by atoms with Gasteiger partial charge in [-0.3, -0.25) is 0 Å². The fraction of sp³-hybridized carbons (Fsp3) is 0.308. The second kappa shape index (κ2) is 10.5. The Morgan fingerprint density at radius 3 is 1.65 bits per heavy atom. The predicted molar refractivity (Wildman–Crippen MR) is 116 cm³/mol. The zero-order valence-electron chi connectivity index (χ0n) is 18.3. The van der Waals surface area contributed by atoms with Crippen molar-refractivity contribution in [2.75, 3.05) is 0 Å². The molecule has 0 saturated heterocycles. The van der Waals surface area contributed by atoms with Gasteiger partial charge in [-0.15, -0.1) is 0 Å². The summed E-state index contributed by atoms with van der Waals surface area (Å²) in [6, 6.07) is 18.4. The molecule has 0 N–H and O–H groups in total. The van der Waals surface area contributed by atoms with Gasteiger partial charge in [0.05, 0.1) is 0 Å². The van der Waals surface area contributed by atoms with Gasteiger partial charge >= 0.3 is 12.3 Å². The minimum absolute atomic E-state index is 0.304. The molecule has 0 aliphatic rings. The average molecular weight is 484 g/mol. The Labute approximate surface area is 193 Å². The summed E-state index contributed by atoms with van der Waals surface area (Å²) in [7, 11) is 0. The Kier molecular flexibility index (Phi) is 7.89. The summed E-state index contributed by atoms with van der Waals surface area (Å²) >= 11 is 0. The molecule has 0 spiro atoms. The molecule has 0 amide bonds. The van der Waals surface area contributed by atoms with Crippen molar-refractivity contribution in [2.24, 2.45) is 0 Å². The SMILES string of the molecule is CCCc1ccc(CCc2ccc(-c3ccc(OC(F)(F)C(F)C(F)(F)F)c(F)c3)cc2)cc1. The first kappa shape index (κ1) is 25.6. The third-order valence-corrected chi connectivity index (χ3v) is 5.31. The zero-order valence-corrected chi connectivity index (χ0v) is 18.3. The van der Waals surface area contributed by atoms with Gasteiger partial charge < -0.3 is 4.74 Å². The Morgan fingerprint density at radius 1 is 0.706 bits per heavy atom. The molecule has 0 aromatic heterocycles. The van der Waals surface area contributed by atoms with Crippen LogP contribution in [-0.4, -0.2) is 18.5 Å². The van der Waals surface area contributed by atoms with E-state index in [1.165, 1.54) is 17.2 Å². The highest BCUT2D eigenvalue weighted by molar-refractivity contribution is 5.64. The molecular weight excluding hydrogens is 461 g/mol. The van der Waals surface area contributed by atoms with Crippen LogP contribution in [0, 0.1) is 5.82 Å². The number of halogens is 7. The Morgan fingerprint density at radius 2 is 1.18 bits per heavy atom. The number of hydrogen-bond donors (Lipinski definition) is 0. The van der Waals surface area contributed by atoms with E-state index in [2.05, 4.69) is 35.9 Å². The lowest BCUT2D eigenvalue weighted by atomic mass is 9.99. The number of rotatable bonds is 9. The van der Waals surface area contributed by atoms with Gasteiger partial charge in [-0.05, 0) is 59.2 Å². The normalized spacial score (nSPS) is 13.1. The first-order valence-electron chi connectivity index (χ1n) is 10.7. The molecule has 0 heterocycles. The monoisotopic (exact) mass is 484 g/mol. The van der Waals surface area contributed by atoms with Crippen LogP contribution in [-0.2, 0) is 19.3 Å². The maximum absolute atomic E-state index is 14.2. The molecule has 0 fully saturated rings. The van der Waals surface area contributed by atoms with Gasteiger partial charge in [0.25, 0.3) is 6.17 Å². The lowest BCUT2D eigenvalue weighted by Crippen LogP contribution is -2.45. The quantitative estimate of drug-likeness (QED) is 0.279. The molecule has 0 saturated carbocycles. The molecule has 1 unspecified atom stereocenters. The Balaban J connectivity index is 1.64. The van der Waals surface area contributed by atoms with Crippen LogP contribution in [0.4, 0.5) is 30.7 Å². The van der Waals surface area contributed by atoms with E-state index < -0.39 is 30.0 Å². The van der Waals surface area contributed by atoms with Crippen molar-refractivity contribution in [3.05, 3.63) is 89.2 Å². The van der Waals surface area contributed by atoms with E-state index in [0.29, 0.717) is 11.1 Å². The van der Waals surface area contributed by atoms with E-state index in [-0.39, 0.29) is 0 Å². The minimum atomic E-state index is -5.85. The highest BCUT2D eigenvalue weighted by atomic mass is 19.4. The topological polar surface area (TPSA) is 9.23 Å². The summed E-state index contributed by atoms with van der Waals surface area (Å²) < 4.78 is 94.5. The molecule has 8 heteroatoms. The number of benzene rings is 3. The fourth-order valence-corrected chi connectivity index (χ4v) is 3.47. The van der Waals surface area contributed by atoms with E-state index in [0.717, 1.165) is 43.4 Å². The predicted octanol–water partition coefficient (Wildman–Crippen LogP) is 8.10. The Bertz CT molecular complexity index is 1070. The zero-order chi connectivity index (χ0) is 24.9. The van der Waals surface area contributed by atoms with Crippen LogP contribution in [0.5, 0.6) is 5.75 Å². The molecule has 3 rings (SSSR count). The maximum Gasteiger partial charge on any atom is 0.439 e. The van der Waals surface area contributed by atoms with E-state index in [1.807, 2.05) is 12.1 Å². The van der Waals surface area contributed by atoms with Gasteiger partial charge in [0.15, 0.2) is 11.6 Å². The van der Waals surface area contributed by atoms with Crippen LogP contribution < -0.4 is 4.74 Å². The van der Waals surface area contributed by atoms with Crippen molar-refractivity contribution in [3.63, 3.8) is 0 Å². The highest BCUT2D eigenvalue weighted by Gasteiger charge is 2.59. The second-order valence-electron chi connectivity index (χ2n) is 7.98. The third-order valence-electron chi connectivity index (χ3n) is 5.31. The number of aryl methyl sites for hydroxylation is 3. The van der Waals surface area contributed by atoms with Gasteiger partial charge in [-0.25, -0.2) is 8.78 Å². The van der Waals surface area contributed by atoms with Crippen LogP contribution in [0.15, 0.2) is 66.7 Å². The van der Waals surface area contributed by atoms with Crippen molar-refractivity contribution >= 4 is 0 Å². The van der Waals surface area contributed by atoms with Crippen molar-refractivity contribution in [2.45, 2.75) is 51.1 Å². The molecule has 0 bridgehead atoms. The van der Waals surface area contributed by atoms with Gasteiger partial charge in [0.2, 0.25) is 0 Å². The maximum atomic E-state index is 14.2. The lowest BCUT2D eigenvalue weighted by molar-refractivity contribution is -0.305. The lowest BCUT2D eigenvalue weighted by Gasteiger charge is -2.23. The van der Waals surface area contributed by atoms with Crippen LogP contribution >= 0.6 is 0 Å². The highest BCUT2D eigenvalue weighted by Crippen LogP contribution is 2.37. The van der Waals surface area contributed by atoms with E-state index in [1.54, 1.807) is 12.1 Å². The van der Waals surface area contributed by atoms with Crippen LogP contribution in [0.2, 0.25) is 0 Å². The molecular formula is C26H23F7O. The number of ether oxygens (including phenoxy) is 1. The largest absolute Gasteiger partial charge is 0.439 e. The van der Waals surface area contributed by atoms with E-state index in [9.17, 15) is 30.7 Å². The number of hydrogen-bond acceptors (Lipinski definition) is 1. The molecule has 0 aliphatic heterocycles. The Hall–Kier alpha value is -3.03. The number of alkyl halides is 6. The first-order valence-corrected chi connectivity index (χ1v) is 10.7. The summed E-state index contributed by atoms with van der Waals surface area (Å²) in [5.41, 5.74) is 4.43. The molecule has 1 nitrogen and oxygen atoms in total. The van der Waals surface area contributed by atoms with E-state index in [4.69, 9.17) is 0 Å². The van der Waals surface area contributed by atoms with Crippen molar-refractivity contribution in [1.82, 2.24) is 0 Å². The average Bonchev–Trinajstić information content (AvgIpc) is 2.79. The summed E-state index contributed by atoms with van der Waals surface area (Å²) in [4.78, 5) is 0. The van der Waals surface area contributed by atoms with Crippen molar-refractivity contribution in [1.29, 1.82) is 0 Å². The summed E-state index contributed by atoms with van der Waals surface area (Å²) in [6.07, 6.45) is -11.9. The van der Waals surface area contributed by atoms with Crippen LogP contribution in [0.25, 0.3) is 11.1 Å². The fourth-order valence-electron chi connectivity index (χ4n) is 3.47. The van der Waals surface area contributed by atoms with Gasteiger partial charge in [-0.1, -0.05) is 67.9 Å². The standard InChI is InChI=1S/C26H23F7O/c1-2-3-17-4-6-18(7-5-17)8-9-19-10-12-20(13-11-19)21-14-15-23(22(27)16-21)34-26(32,33)24(28)25(29,30)31/h4-7,10-16,24H,2-3,8-9H2,1H3. The molecule has 182 valence electrons. The summed E-state index contributed by atoms with van der Waals surface area (Å²) in [6.45, 7) is 2.13. The van der Waals surface area contributed by atoms with Crippen LogP contribution in [0.1, 0.15) is 30.0 Å². The first-order chi connectivity index (χ1) is 16.0. The molecule has 0 radical (unpaired) electrons. The summed E-state index contributed by atoms with van der Waals surface area (Å²) in [5, 5.41) is 0. The van der Waals surface area contributed by atoms with Gasteiger partial charge in [0.1, 0.15) is 0 Å². The molecule has 34 heavy (non-hydrogen) atoms. The third kappa shape index (κ3) is 6.52. The molecule has 1 atom stereocenters. The minimum Gasteiger partial charge on any atom is -0.427 e. The smallest absolute Gasteiger partial charge is 0.427 e. The van der Waals surface area contributed by atoms with E-state index >= 15 is 0 Å². The second-order valence-corrected chi connectivity index (χ2v) is 7.98. The van der Waals surface area contributed by atoms with Gasteiger partial charge in [-0.2, -0.15) is 22.0 Å². The van der Waals surface area contributed by atoms with Crippen molar-refractivity contribution in [3.8, 4) is 16.9 Å². The van der Waals surface area contributed by atoms with Crippen molar-refractivity contribution < 1.29 is 35.5 Å². The van der Waals surface area contributed by atoms with Crippen LogP contribution in [0.3, 0.4) is 0 Å². The summed E-state index contributed by atoms with van der Waals surface area (Å²) in [5.74, 6) is -2.51. The molecule has 0 aliphatic carbocycles. The molecule has 3 aromatic rings. The molecule has 3 aromatic carbocycles. The van der Waals surface area contributed by atoms with Gasteiger partial charge in [0, 0.05) is 0 Å².